The fourth-order valence-corrected chi connectivity index (χ4v) is 3.20. The Balaban J connectivity index is 1.96. The molecule has 3 heterocycles. The van der Waals surface area contributed by atoms with Crippen LogP contribution in [0.5, 0.6) is 0 Å². The van der Waals surface area contributed by atoms with E-state index < -0.39 is 30.1 Å². The maximum atomic E-state index is 11.8. The summed E-state index contributed by atoms with van der Waals surface area (Å²) in [6.07, 6.45) is -2.16. The number of aliphatic hydroxyl groups excluding tert-OH is 2. The van der Waals surface area contributed by atoms with Crippen molar-refractivity contribution in [3.05, 3.63) is 16.7 Å². The molecule has 120 valence electrons. The van der Waals surface area contributed by atoms with Crippen LogP contribution in [0.1, 0.15) is 13.2 Å². The first-order valence-corrected chi connectivity index (χ1v) is 8.00. The van der Waals surface area contributed by atoms with Gasteiger partial charge >= 0.3 is 0 Å². The zero-order valence-electron chi connectivity index (χ0n) is 11.8. The molecule has 0 unspecified atom stereocenters. The van der Waals surface area contributed by atoms with Crippen molar-refractivity contribution in [2.75, 3.05) is 17.2 Å². The van der Waals surface area contributed by atoms with E-state index in [1.165, 1.54) is 10.9 Å². The van der Waals surface area contributed by atoms with Crippen molar-refractivity contribution in [1.82, 2.24) is 19.5 Å². The molecule has 22 heavy (non-hydrogen) atoms. The summed E-state index contributed by atoms with van der Waals surface area (Å²) in [6, 6.07) is 0. The highest BCUT2D eigenvalue weighted by Crippen LogP contribution is 2.32. The van der Waals surface area contributed by atoms with E-state index in [9.17, 15) is 15.0 Å². The molecule has 1 fully saturated rings. The predicted molar refractivity (Wildman–Crippen MR) is 81.5 cm³/mol. The quantitative estimate of drug-likeness (QED) is 0.565. The van der Waals surface area contributed by atoms with E-state index in [2.05, 4.69) is 15.0 Å². The minimum Gasteiger partial charge on any atom is -0.387 e. The van der Waals surface area contributed by atoms with Crippen LogP contribution in [0.15, 0.2) is 11.1 Å². The number of ether oxygens (including phenoxy) is 1. The number of nitrogens with two attached hydrogens (primary N) is 1. The summed E-state index contributed by atoms with van der Waals surface area (Å²) in [6.45, 7) is 2.00. The number of H-pyrrole nitrogens is 1. The molecule has 0 radical (unpaired) electrons. The van der Waals surface area contributed by atoms with Crippen LogP contribution in [-0.2, 0) is 4.74 Å². The highest BCUT2D eigenvalue weighted by molar-refractivity contribution is 7.99. The van der Waals surface area contributed by atoms with Crippen molar-refractivity contribution in [2.45, 2.75) is 31.5 Å². The lowest BCUT2D eigenvalue weighted by Crippen LogP contribution is -2.32. The molecule has 0 amide bonds. The van der Waals surface area contributed by atoms with Gasteiger partial charge in [-0.15, -0.1) is 0 Å². The first-order chi connectivity index (χ1) is 10.5. The first kappa shape index (κ1) is 15.3. The van der Waals surface area contributed by atoms with Crippen LogP contribution in [0, 0.1) is 0 Å². The van der Waals surface area contributed by atoms with Gasteiger partial charge in [-0.25, -0.2) is 4.98 Å². The number of rotatable bonds is 4. The summed E-state index contributed by atoms with van der Waals surface area (Å²) >= 11 is 1.61. The molecule has 1 saturated heterocycles. The highest BCUT2D eigenvalue weighted by Gasteiger charge is 2.44. The van der Waals surface area contributed by atoms with Crippen LogP contribution >= 0.6 is 11.8 Å². The molecule has 5 N–H and O–H groups in total. The first-order valence-electron chi connectivity index (χ1n) is 6.84. The fraction of sp³-hybridized carbons (Fsp3) is 0.583. The molecule has 0 bridgehead atoms. The highest BCUT2D eigenvalue weighted by atomic mass is 32.2. The average Bonchev–Trinajstić information content (AvgIpc) is 3.00. The molecule has 0 aliphatic carbocycles. The molecule has 1 aliphatic heterocycles. The molecule has 0 saturated carbocycles. The average molecular weight is 327 g/mol. The van der Waals surface area contributed by atoms with E-state index in [1.807, 2.05) is 6.92 Å². The lowest BCUT2D eigenvalue weighted by Gasteiger charge is -2.16. The monoisotopic (exact) mass is 327 g/mol. The Morgan fingerprint density at radius 2 is 2.27 bits per heavy atom. The number of anilines is 1. The van der Waals surface area contributed by atoms with Gasteiger partial charge in [0.05, 0.1) is 12.4 Å². The van der Waals surface area contributed by atoms with Gasteiger partial charge in [0.15, 0.2) is 17.4 Å². The number of nitrogen functional groups attached to an aromatic ring is 1. The van der Waals surface area contributed by atoms with Crippen LogP contribution in [0.2, 0.25) is 0 Å². The maximum absolute atomic E-state index is 11.8. The third-order valence-corrected chi connectivity index (χ3v) is 4.52. The SMILES string of the molecule is CCSC[C@H]1O[C@@H](n2cnc3c(=O)[nH]c(N)nc32)[C@H](O)[C@@H]1O. The summed E-state index contributed by atoms with van der Waals surface area (Å²) in [7, 11) is 0. The van der Waals surface area contributed by atoms with E-state index in [0.29, 0.717) is 5.75 Å². The van der Waals surface area contributed by atoms with Gasteiger partial charge in [0, 0.05) is 5.75 Å². The normalized spacial score (nSPS) is 28.5. The van der Waals surface area contributed by atoms with Gasteiger partial charge in [0.1, 0.15) is 12.2 Å². The third-order valence-electron chi connectivity index (χ3n) is 3.55. The summed E-state index contributed by atoms with van der Waals surface area (Å²) in [5, 5.41) is 20.3. The second-order valence-corrected chi connectivity index (χ2v) is 6.30. The van der Waals surface area contributed by atoms with Crippen LogP contribution in [0.4, 0.5) is 5.95 Å². The number of aromatic amines is 1. The van der Waals surface area contributed by atoms with Crippen LogP contribution in [0.3, 0.4) is 0 Å². The summed E-state index contributed by atoms with van der Waals surface area (Å²) in [4.78, 5) is 22.1. The molecule has 3 rings (SSSR count). The van der Waals surface area contributed by atoms with Crippen molar-refractivity contribution in [1.29, 1.82) is 0 Å². The van der Waals surface area contributed by atoms with Gasteiger partial charge < -0.3 is 20.7 Å². The minimum absolute atomic E-state index is 0.0506. The summed E-state index contributed by atoms with van der Waals surface area (Å²) in [5.41, 5.74) is 5.39. The number of imidazole rings is 1. The molecular weight excluding hydrogens is 310 g/mol. The Morgan fingerprint density at radius 1 is 1.50 bits per heavy atom. The van der Waals surface area contributed by atoms with Gasteiger partial charge in [-0.3, -0.25) is 14.3 Å². The van der Waals surface area contributed by atoms with Gasteiger partial charge in [0.2, 0.25) is 5.95 Å². The molecular formula is C12H17N5O4S. The molecule has 0 aromatic carbocycles. The van der Waals surface area contributed by atoms with E-state index in [4.69, 9.17) is 10.5 Å². The number of thioether (sulfide) groups is 1. The predicted octanol–water partition coefficient (Wildman–Crippen LogP) is -0.926. The van der Waals surface area contributed by atoms with E-state index >= 15 is 0 Å². The second-order valence-electron chi connectivity index (χ2n) is 4.98. The zero-order valence-corrected chi connectivity index (χ0v) is 12.7. The Labute approximate surface area is 129 Å². The summed E-state index contributed by atoms with van der Waals surface area (Å²) < 4.78 is 7.15. The van der Waals surface area contributed by atoms with E-state index in [0.717, 1.165) is 5.75 Å². The number of aliphatic hydroxyl groups is 2. The van der Waals surface area contributed by atoms with Gasteiger partial charge in [-0.05, 0) is 5.75 Å². The van der Waals surface area contributed by atoms with E-state index in [-0.39, 0.29) is 17.1 Å². The number of fused-ring (bicyclic) bond motifs is 1. The van der Waals surface area contributed by atoms with Crippen LogP contribution in [-0.4, -0.2) is 59.5 Å². The molecule has 10 heteroatoms. The maximum Gasteiger partial charge on any atom is 0.280 e. The topological polar surface area (TPSA) is 139 Å². The Hall–Kier alpha value is -1.62. The number of hydrogen-bond donors (Lipinski definition) is 4. The Kier molecular flexibility index (Phi) is 4.08. The third kappa shape index (κ3) is 2.47. The van der Waals surface area contributed by atoms with Crippen molar-refractivity contribution in [2.24, 2.45) is 0 Å². The van der Waals surface area contributed by atoms with Crippen molar-refractivity contribution in [3.8, 4) is 0 Å². The lowest BCUT2D eigenvalue weighted by molar-refractivity contribution is -0.0288. The van der Waals surface area contributed by atoms with Crippen molar-refractivity contribution >= 4 is 28.9 Å². The van der Waals surface area contributed by atoms with Crippen LogP contribution < -0.4 is 11.3 Å². The number of nitrogens with one attached hydrogen (secondary N) is 1. The largest absolute Gasteiger partial charge is 0.387 e. The number of nitrogens with zero attached hydrogens (tertiary/aromatic N) is 3. The number of hydrogen-bond acceptors (Lipinski definition) is 8. The van der Waals surface area contributed by atoms with Gasteiger partial charge in [-0.1, -0.05) is 6.92 Å². The zero-order chi connectivity index (χ0) is 15.9. The molecule has 1 aliphatic rings. The lowest BCUT2D eigenvalue weighted by atomic mass is 10.1. The van der Waals surface area contributed by atoms with Gasteiger partial charge in [-0.2, -0.15) is 16.7 Å². The molecule has 2 aromatic heterocycles. The molecule has 0 spiro atoms. The van der Waals surface area contributed by atoms with E-state index in [1.54, 1.807) is 11.8 Å². The van der Waals surface area contributed by atoms with Gasteiger partial charge in [0.25, 0.3) is 5.56 Å². The van der Waals surface area contributed by atoms with Crippen molar-refractivity contribution < 1.29 is 14.9 Å². The smallest absolute Gasteiger partial charge is 0.280 e. The van der Waals surface area contributed by atoms with Crippen LogP contribution in [0.25, 0.3) is 11.2 Å². The number of aromatic nitrogens is 4. The minimum atomic E-state index is -1.14. The molecule has 2 aromatic rings. The fourth-order valence-electron chi connectivity index (χ4n) is 2.46. The Bertz CT molecular complexity index is 732. The molecule has 4 atom stereocenters. The Morgan fingerprint density at radius 3 is 3.00 bits per heavy atom. The second kappa shape index (κ2) is 5.88. The standard InChI is InChI=1S/C12H17N5O4S/c1-2-22-3-5-7(18)8(19)11(21-5)17-4-14-6-9(17)15-12(13)16-10(6)20/h4-5,7-8,11,18-19H,2-3H2,1H3,(H3,13,15,16,20)/t5-,7-,8-,11-/m1/s1. The summed E-state index contributed by atoms with van der Waals surface area (Å²) in [5.74, 6) is 1.40. The molecule has 9 nitrogen and oxygen atoms in total. The van der Waals surface area contributed by atoms with Crippen molar-refractivity contribution in [3.63, 3.8) is 0 Å².